The molecule has 0 aromatic carbocycles. The molecule has 1 rings (SSSR count). The van der Waals surface area contributed by atoms with Gasteiger partial charge in [0, 0.05) is 18.6 Å². The fourth-order valence-corrected chi connectivity index (χ4v) is 1.90. The van der Waals surface area contributed by atoms with Crippen LogP contribution in [-0.2, 0) is 0 Å². The summed E-state index contributed by atoms with van der Waals surface area (Å²) >= 11 is 0. The first-order chi connectivity index (χ1) is 6.09. The predicted octanol–water partition coefficient (Wildman–Crippen LogP) is 0.624. The topological polar surface area (TPSA) is 27.3 Å². The molecule has 2 atom stereocenters. The number of hydrogen-bond acceptors (Lipinski definition) is 3. The Hall–Kier alpha value is -0.120. The second kappa shape index (κ2) is 4.94. The highest BCUT2D eigenvalue weighted by Gasteiger charge is 2.21. The van der Waals surface area contributed by atoms with Crippen LogP contribution in [0.25, 0.3) is 0 Å². The molecule has 0 radical (unpaired) electrons. The second-order valence-electron chi connectivity index (χ2n) is 4.48. The minimum atomic E-state index is 0.574. The molecule has 1 saturated heterocycles. The van der Waals surface area contributed by atoms with Crippen LogP contribution in [0, 0.1) is 0 Å². The molecule has 1 fully saturated rings. The van der Waals surface area contributed by atoms with Gasteiger partial charge in [-0.25, -0.2) is 0 Å². The second-order valence-corrected chi connectivity index (χ2v) is 4.48. The molecule has 0 aromatic heterocycles. The van der Waals surface area contributed by atoms with Crippen molar-refractivity contribution in [3.63, 3.8) is 0 Å². The fourth-order valence-electron chi connectivity index (χ4n) is 1.90. The summed E-state index contributed by atoms with van der Waals surface area (Å²) in [6, 6.07) is 1.26. The zero-order valence-electron chi connectivity index (χ0n) is 9.30. The van der Waals surface area contributed by atoms with Crippen molar-refractivity contribution in [1.29, 1.82) is 0 Å². The van der Waals surface area contributed by atoms with Gasteiger partial charge < -0.3 is 10.6 Å². The third-order valence-electron chi connectivity index (χ3n) is 2.58. The summed E-state index contributed by atoms with van der Waals surface area (Å²) in [5.41, 5.74) is 0. The Bertz CT molecular complexity index is 137. The van der Waals surface area contributed by atoms with Crippen molar-refractivity contribution >= 4 is 0 Å². The van der Waals surface area contributed by atoms with Crippen molar-refractivity contribution in [1.82, 2.24) is 15.5 Å². The molecular formula is C10H23N3. The molecule has 78 valence electrons. The maximum Gasteiger partial charge on any atom is 0.0593 e. The summed E-state index contributed by atoms with van der Waals surface area (Å²) in [4.78, 5) is 2.26. The molecule has 2 unspecified atom stereocenters. The van der Waals surface area contributed by atoms with Crippen LogP contribution in [0.1, 0.15) is 26.7 Å². The average Bonchev–Trinajstić information content (AvgIpc) is 2.04. The molecule has 0 bridgehead atoms. The smallest absolute Gasteiger partial charge is 0.0593 e. The highest BCUT2D eigenvalue weighted by atomic mass is 15.2. The summed E-state index contributed by atoms with van der Waals surface area (Å²) in [6.45, 7) is 5.51. The quantitative estimate of drug-likeness (QED) is 0.675. The molecule has 2 N–H and O–H groups in total. The fraction of sp³-hybridized carbons (Fsp3) is 1.00. The van der Waals surface area contributed by atoms with Crippen LogP contribution in [0.4, 0.5) is 0 Å². The summed E-state index contributed by atoms with van der Waals surface area (Å²) < 4.78 is 0. The van der Waals surface area contributed by atoms with Gasteiger partial charge in [0.25, 0.3) is 0 Å². The van der Waals surface area contributed by atoms with Gasteiger partial charge in [-0.15, -0.1) is 0 Å². The van der Waals surface area contributed by atoms with Crippen LogP contribution >= 0.6 is 0 Å². The molecule has 3 heteroatoms. The molecule has 3 nitrogen and oxygen atoms in total. The SMILES string of the molecule is CC(C)NC1CCC(N(C)C)NC1. The Morgan fingerprint density at radius 1 is 1.31 bits per heavy atom. The Labute approximate surface area is 81.9 Å². The highest BCUT2D eigenvalue weighted by Crippen LogP contribution is 2.09. The van der Waals surface area contributed by atoms with Gasteiger partial charge in [-0.3, -0.25) is 4.90 Å². The largest absolute Gasteiger partial charge is 0.311 e. The number of rotatable bonds is 3. The van der Waals surface area contributed by atoms with Gasteiger partial charge >= 0.3 is 0 Å². The molecule has 1 aliphatic heterocycles. The van der Waals surface area contributed by atoms with E-state index in [2.05, 4.69) is 43.5 Å². The van der Waals surface area contributed by atoms with Crippen LogP contribution < -0.4 is 10.6 Å². The van der Waals surface area contributed by atoms with E-state index in [1.54, 1.807) is 0 Å². The van der Waals surface area contributed by atoms with Gasteiger partial charge in [0.15, 0.2) is 0 Å². The van der Waals surface area contributed by atoms with E-state index in [9.17, 15) is 0 Å². The zero-order chi connectivity index (χ0) is 9.84. The molecule has 13 heavy (non-hydrogen) atoms. The van der Waals surface area contributed by atoms with Gasteiger partial charge in [0.1, 0.15) is 0 Å². The maximum atomic E-state index is 3.56. The Kier molecular flexibility index (Phi) is 4.16. The number of piperidine rings is 1. The van der Waals surface area contributed by atoms with Gasteiger partial charge in [0.2, 0.25) is 0 Å². The number of hydrogen-bond donors (Lipinski definition) is 2. The third kappa shape index (κ3) is 3.63. The predicted molar refractivity (Wildman–Crippen MR) is 56.8 cm³/mol. The van der Waals surface area contributed by atoms with Crippen molar-refractivity contribution in [2.24, 2.45) is 0 Å². The summed E-state index contributed by atoms with van der Waals surface area (Å²) in [6.07, 6.45) is 3.11. The molecule has 0 aromatic rings. The van der Waals surface area contributed by atoms with Crippen LogP contribution in [-0.4, -0.2) is 43.8 Å². The first-order valence-electron chi connectivity index (χ1n) is 5.25. The van der Waals surface area contributed by atoms with E-state index in [1.807, 2.05) is 0 Å². The Morgan fingerprint density at radius 3 is 2.38 bits per heavy atom. The van der Waals surface area contributed by atoms with Gasteiger partial charge in [0.05, 0.1) is 6.17 Å². The van der Waals surface area contributed by atoms with E-state index in [1.165, 1.54) is 12.8 Å². The Balaban J connectivity index is 2.22. The lowest BCUT2D eigenvalue weighted by Crippen LogP contribution is -2.53. The van der Waals surface area contributed by atoms with E-state index in [4.69, 9.17) is 0 Å². The molecule has 0 aliphatic carbocycles. The maximum absolute atomic E-state index is 3.56. The van der Waals surface area contributed by atoms with Crippen molar-refractivity contribution in [3.05, 3.63) is 0 Å². The minimum Gasteiger partial charge on any atom is -0.311 e. The normalized spacial score (nSPS) is 30.0. The minimum absolute atomic E-state index is 0.574. The molecule has 1 heterocycles. The Morgan fingerprint density at radius 2 is 2.00 bits per heavy atom. The van der Waals surface area contributed by atoms with Crippen molar-refractivity contribution < 1.29 is 0 Å². The van der Waals surface area contributed by atoms with E-state index in [0.717, 1.165) is 6.54 Å². The number of nitrogens with one attached hydrogen (secondary N) is 2. The summed E-state index contributed by atoms with van der Waals surface area (Å²) in [7, 11) is 4.27. The van der Waals surface area contributed by atoms with Gasteiger partial charge in [-0.2, -0.15) is 0 Å². The molecule has 0 amide bonds. The van der Waals surface area contributed by atoms with Crippen LogP contribution in [0.3, 0.4) is 0 Å². The summed E-state index contributed by atoms with van der Waals surface area (Å²) in [5, 5.41) is 7.10. The molecular weight excluding hydrogens is 162 g/mol. The van der Waals surface area contributed by atoms with E-state index in [0.29, 0.717) is 18.2 Å². The van der Waals surface area contributed by atoms with Crippen molar-refractivity contribution in [2.75, 3.05) is 20.6 Å². The zero-order valence-corrected chi connectivity index (χ0v) is 9.30. The highest BCUT2D eigenvalue weighted by molar-refractivity contribution is 4.81. The molecule has 1 aliphatic rings. The van der Waals surface area contributed by atoms with E-state index in [-0.39, 0.29) is 0 Å². The van der Waals surface area contributed by atoms with Crippen LogP contribution in [0.15, 0.2) is 0 Å². The van der Waals surface area contributed by atoms with Gasteiger partial charge in [-0.1, -0.05) is 13.8 Å². The average molecular weight is 185 g/mol. The third-order valence-corrected chi connectivity index (χ3v) is 2.58. The summed E-state index contributed by atoms with van der Waals surface area (Å²) in [5.74, 6) is 0. The van der Waals surface area contributed by atoms with E-state index < -0.39 is 0 Å². The lowest BCUT2D eigenvalue weighted by Gasteiger charge is -2.35. The lowest BCUT2D eigenvalue weighted by atomic mass is 10.0. The van der Waals surface area contributed by atoms with Crippen molar-refractivity contribution in [3.8, 4) is 0 Å². The first kappa shape index (κ1) is 11.0. The molecule has 0 spiro atoms. The number of nitrogens with zero attached hydrogens (tertiary/aromatic N) is 1. The van der Waals surface area contributed by atoms with Gasteiger partial charge in [-0.05, 0) is 26.9 Å². The first-order valence-corrected chi connectivity index (χ1v) is 5.25. The van der Waals surface area contributed by atoms with Crippen LogP contribution in [0.5, 0.6) is 0 Å². The molecule has 0 saturated carbocycles. The lowest BCUT2D eigenvalue weighted by molar-refractivity contribution is 0.181. The van der Waals surface area contributed by atoms with Crippen LogP contribution in [0.2, 0.25) is 0 Å². The monoisotopic (exact) mass is 185 g/mol. The van der Waals surface area contributed by atoms with Crippen molar-refractivity contribution in [2.45, 2.75) is 44.9 Å². The van der Waals surface area contributed by atoms with E-state index >= 15 is 0 Å². The standard InChI is InChI=1S/C10H23N3/c1-8(2)12-9-5-6-10(11-7-9)13(3)4/h8-12H,5-7H2,1-4H3.